The second-order valence-electron chi connectivity index (χ2n) is 6.01. The van der Waals surface area contributed by atoms with Gasteiger partial charge in [-0.05, 0) is 32.1 Å². The zero-order valence-electron chi connectivity index (χ0n) is 12.2. The van der Waals surface area contributed by atoms with E-state index in [9.17, 15) is 9.59 Å². The van der Waals surface area contributed by atoms with Crippen LogP contribution < -0.4 is 5.32 Å². The topological polar surface area (TPSA) is 49.4 Å². The smallest absolute Gasteiger partial charge is 0.245 e. The molecule has 19 heavy (non-hydrogen) atoms. The molecule has 2 amide bonds. The molecule has 2 aliphatic rings. The van der Waals surface area contributed by atoms with Gasteiger partial charge in [-0.2, -0.15) is 0 Å². The van der Waals surface area contributed by atoms with Gasteiger partial charge in [-0.25, -0.2) is 0 Å². The van der Waals surface area contributed by atoms with Gasteiger partial charge >= 0.3 is 0 Å². The fourth-order valence-corrected chi connectivity index (χ4v) is 3.43. The Balaban J connectivity index is 2.03. The van der Waals surface area contributed by atoms with Crippen LogP contribution in [0.3, 0.4) is 0 Å². The first kappa shape index (κ1) is 14.4. The molecule has 1 aliphatic carbocycles. The zero-order valence-corrected chi connectivity index (χ0v) is 12.2. The molecule has 1 heterocycles. The van der Waals surface area contributed by atoms with Crippen LogP contribution >= 0.6 is 0 Å². The Kier molecular flexibility index (Phi) is 4.83. The molecule has 0 spiro atoms. The number of hydrogen-bond donors (Lipinski definition) is 1. The molecule has 0 aromatic carbocycles. The van der Waals surface area contributed by atoms with Crippen LogP contribution in [-0.2, 0) is 9.59 Å². The average molecular weight is 266 g/mol. The highest BCUT2D eigenvalue weighted by molar-refractivity contribution is 5.95. The molecule has 1 saturated carbocycles. The molecule has 2 unspecified atom stereocenters. The largest absolute Gasteiger partial charge is 0.343 e. The summed E-state index contributed by atoms with van der Waals surface area (Å²) in [5.41, 5.74) is 0. The number of nitrogens with one attached hydrogen (secondary N) is 1. The van der Waals surface area contributed by atoms with Crippen molar-refractivity contribution >= 4 is 11.8 Å². The average Bonchev–Trinajstić information content (AvgIpc) is 2.43. The number of carbonyl (C=O) groups is 2. The Labute approximate surface area is 115 Å². The summed E-state index contributed by atoms with van der Waals surface area (Å²) in [5, 5.41) is 2.82. The standard InChI is InChI=1S/C15H26N2O2/c1-3-7-13-15(19)17(10-14(18)16-13)11(2)12-8-5-4-6-9-12/h11-13H,3-10H2,1-2H3,(H,16,18). The van der Waals surface area contributed by atoms with Crippen LogP contribution in [0, 0.1) is 5.92 Å². The number of carbonyl (C=O) groups excluding carboxylic acids is 2. The molecule has 2 rings (SSSR count). The fourth-order valence-electron chi connectivity index (χ4n) is 3.43. The molecule has 0 aromatic rings. The van der Waals surface area contributed by atoms with Crippen molar-refractivity contribution in [1.82, 2.24) is 10.2 Å². The monoisotopic (exact) mass is 266 g/mol. The Hall–Kier alpha value is -1.06. The van der Waals surface area contributed by atoms with Crippen LogP contribution in [-0.4, -0.2) is 35.3 Å². The predicted molar refractivity (Wildman–Crippen MR) is 74.6 cm³/mol. The Morgan fingerprint density at radius 3 is 2.58 bits per heavy atom. The predicted octanol–water partition coefficient (Wildman–Crippen LogP) is 2.08. The van der Waals surface area contributed by atoms with Gasteiger partial charge < -0.3 is 10.2 Å². The van der Waals surface area contributed by atoms with Crippen molar-refractivity contribution in [2.45, 2.75) is 70.9 Å². The summed E-state index contributed by atoms with van der Waals surface area (Å²) in [5.74, 6) is 0.700. The van der Waals surface area contributed by atoms with Crippen LogP contribution in [0.25, 0.3) is 0 Å². The van der Waals surface area contributed by atoms with Crippen molar-refractivity contribution in [3.05, 3.63) is 0 Å². The van der Waals surface area contributed by atoms with E-state index in [1.54, 1.807) is 0 Å². The molecule has 0 aromatic heterocycles. The highest BCUT2D eigenvalue weighted by Gasteiger charge is 2.37. The molecule has 2 fully saturated rings. The lowest BCUT2D eigenvalue weighted by Crippen LogP contribution is -2.61. The van der Waals surface area contributed by atoms with E-state index in [-0.39, 0.29) is 30.4 Å². The molecular weight excluding hydrogens is 240 g/mol. The molecule has 0 bridgehead atoms. The van der Waals surface area contributed by atoms with E-state index in [1.165, 1.54) is 32.1 Å². The summed E-state index contributed by atoms with van der Waals surface area (Å²) in [6, 6.07) is -0.0875. The first-order valence-corrected chi connectivity index (χ1v) is 7.73. The quantitative estimate of drug-likeness (QED) is 0.847. The van der Waals surface area contributed by atoms with Crippen LogP contribution in [0.5, 0.6) is 0 Å². The molecule has 0 radical (unpaired) electrons. The summed E-state index contributed by atoms with van der Waals surface area (Å²) in [6.45, 7) is 4.41. The second-order valence-corrected chi connectivity index (χ2v) is 6.01. The van der Waals surface area contributed by atoms with Crippen molar-refractivity contribution in [3.8, 4) is 0 Å². The molecule has 4 nitrogen and oxygen atoms in total. The zero-order chi connectivity index (χ0) is 13.8. The number of rotatable bonds is 4. The van der Waals surface area contributed by atoms with Crippen molar-refractivity contribution in [3.63, 3.8) is 0 Å². The van der Waals surface area contributed by atoms with Crippen molar-refractivity contribution in [2.24, 2.45) is 5.92 Å². The third kappa shape index (κ3) is 3.28. The highest BCUT2D eigenvalue weighted by Crippen LogP contribution is 2.29. The van der Waals surface area contributed by atoms with E-state index in [0.717, 1.165) is 12.8 Å². The maximum atomic E-state index is 12.5. The molecule has 108 valence electrons. The number of nitrogens with zero attached hydrogens (tertiary/aromatic N) is 1. The van der Waals surface area contributed by atoms with Crippen LogP contribution in [0.2, 0.25) is 0 Å². The van der Waals surface area contributed by atoms with Crippen molar-refractivity contribution < 1.29 is 9.59 Å². The van der Waals surface area contributed by atoms with Gasteiger partial charge in [0.05, 0.1) is 6.54 Å². The van der Waals surface area contributed by atoms with Gasteiger partial charge in [-0.3, -0.25) is 9.59 Å². The van der Waals surface area contributed by atoms with E-state index < -0.39 is 0 Å². The third-order valence-electron chi connectivity index (χ3n) is 4.63. The van der Waals surface area contributed by atoms with Gasteiger partial charge in [0.2, 0.25) is 11.8 Å². The van der Waals surface area contributed by atoms with Gasteiger partial charge in [0.25, 0.3) is 0 Å². The van der Waals surface area contributed by atoms with Gasteiger partial charge in [0, 0.05) is 6.04 Å². The molecule has 1 N–H and O–H groups in total. The Morgan fingerprint density at radius 2 is 1.95 bits per heavy atom. The molecular formula is C15H26N2O2. The van der Waals surface area contributed by atoms with Crippen LogP contribution in [0.15, 0.2) is 0 Å². The normalized spacial score (nSPS) is 27.3. The summed E-state index contributed by atoms with van der Waals surface area (Å²) >= 11 is 0. The first-order valence-electron chi connectivity index (χ1n) is 7.73. The van der Waals surface area contributed by atoms with Gasteiger partial charge in [0.15, 0.2) is 0 Å². The summed E-state index contributed by atoms with van der Waals surface area (Å²) < 4.78 is 0. The van der Waals surface area contributed by atoms with Gasteiger partial charge in [-0.15, -0.1) is 0 Å². The lowest BCUT2D eigenvalue weighted by atomic mass is 9.83. The van der Waals surface area contributed by atoms with E-state index in [1.807, 2.05) is 11.8 Å². The first-order chi connectivity index (χ1) is 9.13. The Morgan fingerprint density at radius 1 is 1.26 bits per heavy atom. The lowest BCUT2D eigenvalue weighted by Gasteiger charge is -2.40. The second kappa shape index (κ2) is 6.40. The van der Waals surface area contributed by atoms with Crippen molar-refractivity contribution in [1.29, 1.82) is 0 Å². The van der Waals surface area contributed by atoms with E-state index in [2.05, 4.69) is 12.2 Å². The minimum atomic E-state index is -0.294. The molecule has 1 saturated heterocycles. The maximum Gasteiger partial charge on any atom is 0.245 e. The van der Waals surface area contributed by atoms with Crippen LogP contribution in [0.1, 0.15) is 58.8 Å². The lowest BCUT2D eigenvalue weighted by molar-refractivity contribution is -0.147. The van der Waals surface area contributed by atoms with E-state index >= 15 is 0 Å². The summed E-state index contributed by atoms with van der Waals surface area (Å²) in [7, 11) is 0. The molecule has 2 atom stereocenters. The van der Waals surface area contributed by atoms with Gasteiger partial charge in [-0.1, -0.05) is 32.6 Å². The molecule has 1 aliphatic heterocycles. The number of piperazine rings is 1. The minimum Gasteiger partial charge on any atom is -0.343 e. The Bertz CT molecular complexity index is 337. The summed E-state index contributed by atoms with van der Waals surface area (Å²) in [6.07, 6.45) is 7.91. The highest BCUT2D eigenvalue weighted by atomic mass is 16.2. The number of hydrogen-bond acceptors (Lipinski definition) is 2. The molecule has 4 heteroatoms. The van der Waals surface area contributed by atoms with E-state index in [0.29, 0.717) is 5.92 Å². The van der Waals surface area contributed by atoms with E-state index in [4.69, 9.17) is 0 Å². The fraction of sp³-hybridized carbons (Fsp3) is 0.867. The van der Waals surface area contributed by atoms with Crippen molar-refractivity contribution in [2.75, 3.05) is 6.54 Å². The minimum absolute atomic E-state index is 0.000657. The summed E-state index contributed by atoms with van der Waals surface area (Å²) in [4.78, 5) is 26.1. The van der Waals surface area contributed by atoms with Gasteiger partial charge in [0.1, 0.15) is 6.04 Å². The maximum absolute atomic E-state index is 12.5. The van der Waals surface area contributed by atoms with Crippen LogP contribution in [0.4, 0.5) is 0 Å². The third-order valence-corrected chi connectivity index (χ3v) is 4.63. The number of amides is 2. The SMILES string of the molecule is CCCC1NC(=O)CN(C(C)C2CCCCC2)C1=O.